The van der Waals surface area contributed by atoms with Gasteiger partial charge >= 0.3 is 0 Å². The minimum atomic E-state index is 0.799. The van der Waals surface area contributed by atoms with E-state index in [-0.39, 0.29) is 0 Å². The predicted octanol–water partition coefficient (Wildman–Crippen LogP) is 1.96. The number of aromatic nitrogens is 3. The third-order valence-corrected chi connectivity index (χ3v) is 3.55. The molecule has 1 aliphatic rings. The molecule has 1 saturated heterocycles. The van der Waals surface area contributed by atoms with E-state index in [0.29, 0.717) is 0 Å². The average molecular weight is 230 g/mol. The van der Waals surface area contributed by atoms with Gasteiger partial charge in [0.25, 0.3) is 0 Å². The second-order valence-electron chi connectivity index (χ2n) is 5.02. The quantitative estimate of drug-likeness (QED) is 0.790. The van der Waals surface area contributed by atoms with E-state index in [1.54, 1.807) is 6.20 Å². The maximum Gasteiger partial charge on any atom is 0.233 e. The van der Waals surface area contributed by atoms with Gasteiger partial charge in [0.05, 0.1) is 5.69 Å². The topological polar surface area (TPSA) is 33.4 Å². The van der Waals surface area contributed by atoms with Gasteiger partial charge in [-0.3, -0.25) is 9.30 Å². The number of hydrogen-bond donors (Lipinski definition) is 0. The summed E-state index contributed by atoms with van der Waals surface area (Å²) in [7, 11) is 0. The molecule has 3 heterocycles. The number of likely N-dealkylation sites (tertiary alicyclic amines) is 1. The highest BCUT2D eigenvalue weighted by Gasteiger charge is 2.16. The summed E-state index contributed by atoms with van der Waals surface area (Å²) in [4.78, 5) is 11.3. The number of hydrogen-bond acceptors (Lipinski definition) is 3. The van der Waals surface area contributed by atoms with Crippen LogP contribution in [0.5, 0.6) is 0 Å². The van der Waals surface area contributed by atoms with Crippen LogP contribution < -0.4 is 0 Å². The summed E-state index contributed by atoms with van der Waals surface area (Å²) in [5.41, 5.74) is 1.12. The lowest BCUT2D eigenvalue weighted by Gasteiger charge is -2.29. The summed E-state index contributed by atoms with van der Waals surface area (Å²) in [5.74, 6) is 1.68. The number of piperidine rings is 1. The molecular formula is C13H18N4. The van der Waals surface area contributed by atoms with Gasteiger partial charge in [-0.2, -0.15) is 0 Å². The number of fused-ring (bicyclic) bond motifs is 1. The van der Waals surface area contributed by atoms with Crippen molar-refractivity contribution in [1.29, 1.82) is 0 Å². The molecule has 4 heteroatoms. The van der Waals surface area contributed by atoms with Crippen molar-refractivity contribution in [3.8, 4) is 0 Å². The Morgan fingerprint density at radius 2 is 2.18 bits per heavy atom. The van der Waals surface area contributed by atoms with Gasteiger partial charge in [0, 0.05) is 25.1 Å². The fourth-order valence-corrected chi connectivity index (χ4v) is 2.40. The summed E-state index contributed by atoms with van der Waals surface area (Å²) < 4.78 is 1.99. The molecule has 0 aromatic carbocycles. The first-order valence-corrected chi connectivity index (χ1v) is 6.32. The molecule has 0 bridgehead atoms. The van der Waals surface area contributed by atoms with Crippen molar-refractivity contribution >= 4 is 5.78 Å². The minimum Gasteiger partial charge on any atom is -0.297 e. The molecule has 2 aromatic rings. The van der Waals surface area contributed by atoms with Gasteiger partial charge in [-0.1, -0.05) is 6.92 Å². The molecule has 0 atom stereocenters. The molecule has 4 nitrogen and oxygen atoms in total. The standard InChI is InChI=1S/C13H18N4/c1-11-3-7-16(8-4-11)9-12-10-17-6-2-5-14-13(17)15-12/h2,5-6,10-11H,3-4,7-9H2,1H3. The fourth-order valence-electron chi connectivity index (χ4n) is 2.40. The lowest BCUT2D eigenvalue weighted by atomic mass is 9.99. The molecule has 0 saturated carbocycles. The van der Waals surface area contributed by atoms with Gasteiger partial charge in [-0.15, -0.1) is 0 Å². The molecule has 0 amide bonds. The minimum absolute atomic E-state index is 0.799. The maximum absolute atomic E-state index is 4.54. The zero-order chi connectivity index (χ0) is 11.7. The zero-order valence-electron chi connectivity index (χ0n) is 10.2. The van der Waals surface area contributed by atoms with Crippen molar-refractivity contribution in [2.45, 2.75) is 26.3 Å². The summed E-state index contributed by atoms with van der Waals surface area (Å²) in [5, 5.41) is 0. The first-order valence-electron chi connectivity index (χ1n) is 6.32. The molecule has 90 valence electrons. The van der Waals surface area contributed by atoms with Crippen LogP contribution >= 0.6 is 0 Å². The third-order valence-electron chi connectivity index (χ3n) is 3.55. The van der Waals surface area contributed by atoms with Crippen LogP contribution in [-0.4, -0.2) is 32.4 Å². The molecule has 0 unspecified atom stereocenters. The Bertz CT molecular complexity index is 464. The van der Waals surface area contributed by atoms with Crippen LogP contribution in [0.3, 0.4) is 0 Å². The monoisotopic (exact) mass is 230 g/mol. The van der Waals surface area contributed by atoms with E-state index in [9.17, 15) is 0 Å². The smallest absolute Gasteiger partial charge is 0.233 e. The van der Waals surface area contributed by atoms with Crippen molar-refractivity contribution in [3.05, 3.63) is 30.4 Å². The molecule has 0 aliphatic carbocycles. The van der Waals surface area contributed by atoms with E-state index in [4.69, 9.17) is 0 Å². The maximum atomic E-state index is 4.54. The van der Waals surface area contributed by atoms with Gasteiger partial charge in [0.2, 0.25) is 5.78 Å². The highest BCUT2D eigenvalue weighted by atomic mass is 15.2. The van der Waals surface area contributed by atoms with E-state index in [2.05, 4.69) is 28.0 Å². The second-order valence-corrected chi connectivity index (χ2v) is 5.02. The Balaban J connectivity index is 1.72. The largest absolute Gasteiger partial charge is 0.297 e. The summed E-state index contributed by atoms with van der Waals surface area (Å²) in [6.07, 6.45) is 8.49. The normalized spacial score (nSPS) is 18.9. The lowest BCUT2D eigenvalue weighted by Crippen LogP contribution is -2.32. The predicted molar refractivity (Wildman–Crippen MR) is 66.7 cm³/mol. The van der Waals surface area contributed by atoms with E-state index in [0.717, 1.165) is 23.9 Å². The van der Waals surface area contributed by atoms with Gasteiger partial charge in [0.15, 0.2) is 0 Å². The Labute approximate surface area is 101 Å². The number of imidazole rings is 1. The lowest BCUT2D eigenvalue weighted by molar-refractivity contribution is 0.183. The molecule has 0 radical (unpaired) electrons. The van der Waals surface area contributed by atoms with Crippen LogP contribution in [0.25, 0.3) is 5.78 Å². The Morgan fingerprint density at radius 3 is 2.94 bits per heavy atom. The molecule has 0 spiro atoms. The van der Waals surface area contributed by atoms with Gasteiger partial charge < -0.3 is 0 Å². The van der Waals surface area contributed by atoms with Crippen molar-refractivity contribution in [2.75, 3.05) is 13.1 Å². The molecule has 3 rings (SSSR count). The van der Waals surface area contributed by atoms with E-state index in [1.165, 1.54) is 25.9 Å². The Morgan fingerprint density at radius 1 is 1.35 bits per heavy atom. The molecule has 17 heavy (non-hydrogen) atoms. The first kappa shape index (κ1) is 10.7. The zero-order valence-corrected chi connectivity index (χ0v) is 10.2. The Kier molecular flexibility index (Phi) is 2.81. The molecule has 0 N–H and O–H groups in total. The molecule has 1 fully saturated rings. The second kappa shape index (κ2) is 4.45. The Hall–Kier alpha value is -1.42. The summed E-state index contributed by atoms with van der Waals surface area (Å²) >= 11 is 0. The number of rotatable bonds is 2. The van der Waals surface area contributed by atoms with Crippen LogP contribution in [0.1, 0.15) is 25.5 Å². The highest BCUT2D eigenvalue weighted by molar-refractivity contribution is 5.29. The van der Waals surface area contributed by atoms with Crippen LogP contribution in [0, 0.1) is 5.92 Å². The van der Waals surface area contributed by atoms with E-state index >= 15 is 0 Å². The molecule has 2 aromatic heterocycles. The van der Waals surface area contributed by atoms with Gasteiger partial charge in [-0.05, 0) is 37.9 Å². The fraction of sp³-hybridized carbons (Fsp3) is 0.538. The van der Waals surface area contributed by atoms with Crippen molar-refractivity contribution < 1.29 is 0 Å². The SMILES string of the molecule is CC1CCN(Cc2cn3cccnc3n2)CC1. The van der Waals surface area contributed by atoms with Crippen molar-refractivity contribution in [2.24, 2.45) is 5.92 Å². The first-order chi connectivity index (χ1) is 8.31. The molecule has 1 aliphatic heterocycles. The van der Waals surface area contributed by atoms with E-state index < -0.39 is 0 Å². The van der Waals surface area contributed by atoms with Crippen LogP contribution in [0.15, 0.2) is 24.7 Å². The third kappa shape index (κ3) is 2.31. The van der Waals surface area contributed by atoms with Crippen molar-refractivity contribution in [1.82, 2.24) is 19.3 Å². The summed E-state index contributed by atoms with van der Waals surface area (Å²) in [6, 6.07) is 1.93. The molecular weight excluding hydrogens is 212 g/mol. The summed E-state index contributed by atoms with van der Waals surface area (Å²) in [6.45, 7) is 5.69. The average Bonchev–Trinajstić information content (AvgIpc) is 2.74. The van der Waals surface area contributed by atoms with Crippen LogP contribution in [0.2, 0.25) is 0 Å². The van der Waals surface area contributed by atoms with E-state index in [1.807, 2.05) is 16.7 Å². The van der Waals surface area contributed by atoms with Gasteiger partial charge in [-0.25, -0.2) is 9.97 Å². The van der Waals surface area contributed by atoms with Crippen LogP contribution in [0.4, 0.5) is 0 Å². The van der Waals surface area contributed by atoms with Gasteiger partial charge in [0.1, 0.15) is 0 Å². The van der Waals surface area contributed by atoms with Crippen molar-refractivity contribution in [3.63, 3.8) is 0 Å². The highest BCUT2D eigenvalue weighted by Crippen LogP contribution is 2.17. The van der Waals surface area contributed by atoms with Crippen LogP contribution in [-0.2, 0) is 6.54 Å². The number of nitrogens with zero attached hydrogens (tertiary/aromatic N) is 4.